The average molecular weight is 157 g/mol. The predicted molar refractivity (Wildman–Crippen MR) is 42.2 cm³/mol. The Morgan fingerprint density at radius 2 is 2.18 bits per heavy atom. The van der Waals surface area contributed by atoms with Crippen molar-refractivity contribution in [1.82, 2.24) is 4.90 Å². The molecule has 0 atom stereocenters. The summed E-state index contributed by atoms with van der Waals surface area (Å²) in [7, 11) is 0. The van der Waals surface area contributed by atoms with Crippen molar-refractivity contribution >= 4 is 5.91 Å². The Morgan fingerprint density at radius 3 is 2.73 bits per heavy atom. The molecule has 1 fully saturated rings. The molecule has 0 aromatic rings. The van der Waals surface area contributed by atoms with E-state index < -0.39 is 0 Å². The van der Waals surface area contributed by atoms with Gasteiger partial charge in [-0.3, -0.25) is 4.79 Å². The Labute approximate surface area is 66.6 Å². The van der Waals surface area contributed by atoms with E-state index in [4.69, 9.17) is 4.74 Å². The lowest BCUT2D eigenvalue weighted by atomic mass is 10.5. The normalized spacial score (nSPS) is 18.0. The number of hydrogen-bond acceptors (Lipinski definition) is 2. The second-order valence-electron chi connectivity index (χ2n) is 2.49. The van der Waals surface area contributed by atoms with E-state index in [9.17, 15) is 4.79 Å². The first-order valence-electron chi connectivity index (χ1n) is 3.81. The van der Waals surface area contributed by atoms with Gasteiger partial charge >= 0.3 is 0 Å². The molecular formula is C8H13NO2. The van der Waals surface area contributed by atoms with Crippen molar-refractivity contribution in [3.8, 4) is 0 Å². The van der Waals surface area contributed by atoms with Gasteiger partial charge in [0.2, 0.25) is 5.91 Å². The summed E-state index contributed by atoms with van der Waals surface area (Å²) in [6, 6.07) is 0. The van der Waals surface area contributed by atoms with E-state index in [1.54, 1.807) is 6.08 Å². The van der Waals surface area contributed by atoms with Crippen molar-refractivity contribution in [2.45, 2.75) is 6.42 Å². The number of carbonyl (C=O) groups excluding carboxylic acids is 1. The van der Waals surface area contributed by atoms with Crippen LogP contribution in [0.15, 0.2) is 12.7 Å². The van der Waals surface area contributed by atoms with Gasteiger partial charge in [0.1, 0.15) is 0 Å². The molecule has 0 radical (unpaired) electrons. The number of morpholine rings is 1. The molecule has 1 aliphatic heterocycles. The monoisotopic (exact) mass is 157 g/mol. The van der Waals surface area contributed by atoms with Gasteiger partial charge in [0.05, 0.1) is 13.2 Å². The van der Waals surface area contributed by atoms with E-state index in [1.165, 1.54) is 0 Å². The van der Waals surface area contributed by atoms with Crippen LogP contribution in [0, 0.1) is 0 Å². The molecule has 1 amide bonds. The highest BCUT2D eigenvalue weighted by Gasteiger charge is 2.14. The number of amides is 1. The van der Waals surface area contributed by atoms with Crippen LogP contribution in [0.5, 0.6) is 0 Å². The van der Waals surface area contributed by atoms with Crippen LogP contribution in [0.1, 0.15) is 6.42 Å². The zero-order valence-electron chi connectivity index (χ0n) is 6.58. The first-order valence-corrected chi connectivity index (χ1v) is 3.81. The molecule has 0 aromatic carbocycles. The fourth-order valence-electron chi connectivity index (χ4n) is 1.07. The SMILES string of the molecule is C=CC[14C](=O)N1CCOCC1. The van der Waals surface area contributed by atoms with E-state index in [2.05, 4.69) is 6.58 Å². The van der Waals surface area contributed by atoms with Crippen LogP contribution in [0.2, 0.25) is 0 Å². The highest BCUT2D eigenvalue weighted by Crippen LogP contribution is 1.99. The maximum Gasteiger partial charge on any atom is 0.226 e. The molecule has 1 heterocycles. The minimum Gasteiger partial charge on any atom is -0.378 e. The van der Waals surface area contributed by atoms with Gasteiger partial charge < -0.3 is 9.64 Å². The lowest BCUT2D eigenvalue weighted by Gasteiger charge is -2.26. The van der Waals surface area contributed by atoms with E-state index in [0.717, 1.165) is 13.1 Å². The van der Waals surface area contributed by atoms with Gasteiger partial charge in [0.15, 0.2) is 0 Å². The summed E-state index contributed by atoms with van der Waals surface area (Å²) in [5.74, 6) is 0.156. The zero-order chi connectivity index (χ0) is 8.10. The minimum absolute atomic E-state index is 0.156. The number of ether oxygens (including phenoxy) is 1. The van der Waals surface area contributed by atoms with Gasteiger partial charge in [-0.25, -0.2) is 0 Å². The van der Waals surface area contributed by atoms with Crippen molar-refractivity contribution in [2.24, 2.45) is 0 Å². The maximum absolute atomic E-state index is 11.2. The Balaban J connectivity index is 2.32. The van der Waals surface area contributed by atoms with Crippen LogP contribution >= 0.6 is 0 Å². The summed E-state index contributed by atoms with van der Waals surface area (Å²) < 4.78 is 5.11. The van der Waals surface area contributed by atoms with Crippen LogP contribution < -0.4 is 0 Å². The zero-order valence-corrected chi connectivity index (χ0v) is 6.58. The first kappa shape index (κ1) is 8.27. The van der Waals surface area contributed by atoms with Crippen LogP contribution in [0.25, 0.3) is 0 Å². The number of nitrogens with zero attached hydrogens (tertiary/aromatic N) is 1. The summed E-state index contributed by atoms with van der Waals surface area (Å²) in [5.41, 5.74) is 0. The van der Waals surface area contributed by atoms with E-state index in [-0.39, 0.29) is 5.91 Å². The number of hydrogen-bond donors (Lipinski definition) is 0. The van der Waals surface area contributed by atoms with Crippen LogP contribution in [-0.4, -0.2) is 37.1 Å². The quantitative estimate of drug-likeness (QED) is 0.544. The van der Waals surface area contributed by atoms with Crippen LogP contribution in [-0.2, 0) is 9.53 Å². The van der Waals surface area contributed by atoms with Gasteiger partial charge in [-0.2, -0.15) is 0 Å². The highest BCUT2D eigenvalue weighted by molar-refractivity contribution is 5.77. The van der Waals surface area contributed by atoms with Gasteiger partial charge in [-0.05, 0) is 0 Å². The fourth-order valence-corrected chi connectivity index (χ4v) is 1.07. The van der Waals surface area contributed by atoms with Crippen molar-refractivity contribution in [3.05, 3.63) is 12.7 Å². The summed E-state index contributed by atoms with van der Waals surface area (Å²) in [4.78, 5) is 13.0. The molecule has 1 rings (SSSR count). The third-order valence-electron chi connectivity index (χ3n) is 1.68. The van der Waals surface area contributed by atoms with Gasteiger partial charge in [-0.1, -0.05) is 6.08 Å². The molecule has 0 saturated carbocycles. The van der Waals surface area contributed by atoms with Gasteiger partial charge in [0.25, 0.3) is 0 Å². The molecule has 11 heavy (non-hydrogen) atoms. The standard InChI is InChI=1S/C8H13NO2/c1-2-3-8(10)9-4-6-11-7-5-9/h2H,1,3-7H2/i8+2. The third-order valence-corrected chi connectivity index (χ3v) is 1.68. The maximum atomic E-state index is 11.2. The largest absolute Gasteiger partial charge is 0.378 e. The van der Waals surface area contributed by atoms with Crippen LogP contribution in [0.3, 0.4) is 0 Å². The van der Waals surface area contributed by atoms with Crippen molar-refractivity contribution in [1.29, 1.82) is 0 Å². The Morgan fingerprint density at radius 1 is 1.55 bits per heavy atom. The average Bonchev–Trinajstić information content (AvgIpc) is 2.07. The number of rotatable bonds is 2. The molecule has 0 aliphatic carbocycles. The molecule has 0 bridgehead atoms. The fraction of sp³-hybridized carbons (Fsp3) is 0.625. The second kappa shape index (κ2) is 4.13. The topological polar surface area (TPSA) is 29.5 Å². The van der Waals surface area contributed by atoms with Crippen molar-refractivity contribution in [3.63, 3.8) is 0 Å². The molecule has 0 aromatic heterocycles. The summed E-state index contributed by atoms with van der Waals surface area (Å²) >= 11 is 0. The Bertz CT molecular complexity index is 150. The summed E-state index contributed by atoms with van der Waals surface area (Å²) in [5, 5.41) is 0. The van der Waals surface area contributed by atoms with Gasteiger partial charge in [0, 0.05) is 19.5 Å². The molecule has 3 heteroatoms. The molecule has 0 N–H and O–H groups in total. The molecule has 1 aliphatic rings. The number of carbonyl (C=O) groups is 1. The van der Waals surface area contributed by atoms with E-state index >= 15 is 0 Å². The highest BCUT2D eigenvalue weighted by atomic mass is 16.5. The van der Waals surface area contributed by atoms with Crippen molar-refractivity contribution < 1.29 is 9.53 Å². The Kier molecular flexibility index (Phi) is 3.11. The molecule has 0 unspecified atom stereocenters. The first-order chi connectivity index (χ1) is 5.34. The Hall–Kier alpha value is -0.830. The molecule has 1 saturated heterocycles. The van der Waals surface area contributed by atoms with E-state index in [0.29, 0.717) is 19.6 Å². The predicted octanol–water partition coefficient (Wildman–Crippen LogP) is 0.421. The molecule has 62 valence electrons. The summed E-state index contributed by atoms with van der Waals surface area (Å²) in [6.07, 6.45) is 2.08. The summed E-state index contributed by atoms with van der Waals surface area (Å²) in [6.45, 7) is 6.31. The van der Waals surface area contributed by atoms with Gasteiger partial charge in [-0.15, -0.1) is 6.58 Å². The van der Waals surface area contributed by atoms with E-state index in [1.807, 2.05) is 4.90 Å². The lowest BCUT2D eigenvalue weighted by Crippen LogP contribution is -2.40. The van der Waals surface area contributed by atoms with Crippen LogP contribution in [0.4, 0.5) is 0 Å². The second-order valence-corrected chi connectivity index (χ2v) is 2.49. The smallest absolute Gasteiger partial charge is 0.226 e. The van der Waals surface area contributed by atoms with Crippen molar-refractivity contribution in [2.75, 3.05) is 26.3 Å². The molecule has 3 nitrogen and oxygen atoms in total. The molecular weight excluding hydrogens is 144 g/mol. The minimum atomic E-state index is 0.156. The molecule has 0 spiro atoms. The third kappa shape index (κ3) is 2.35. The lowest BCUT2D eigenvalue weighted by molar-refractivity contribution is -0.134.